The predicted octanol–water partition coefficient (Wildman–Crippen LogP) is 3.93. The van der Waals surface area contributed by atoms with E-state index in [9.17, 15) is 10.2 Å². The van der Waals surface area contributed by atoms with E-state index in [1.807, 2.05) is 48.5 Å². The number of hydrogen-bond donors (Lipinski definition) is 4. The van der Waals surface area contributed by atoms with E-state index in [0.717, 1.165) is 11.1 Å². The van der Waals surface area contributed by atoms with Gasteiger partial charge in [-0.1, -0.05) is 36.4 Å². The van der Waals surface area contributed by atoms with Crippen molar-refractivity contribution in [1.29, 1.82) is 0 Å². The van der Waals surface area contributed by atoms with Crippen LogP contribution in [0.15, 0.2) is 48.5 Å². The maximum atomic E-state index is 10.4. The number of nitrogens with zero attached hydrogens (tertiary/aromatic N) is 2. The zero-order chi connectivity index (χ0) is 22.0. The van der Waals surface area contributed by atoms with Gasteiger partial charge in [0.1, 0.15) is 6.61 Å². The highest BCUT2D eigenvalue weighted by Gasteiger charge is 2.30. The Morgan fingerprint density at radius 1 is 0.871 bits per heavy atom. The van der Waals surface area contributed by atoms with Crippen molar-refractivity contribution in [3.63, 3.8) is 0 Å². The molecule has 0 amide bonds. The maximum absolute atomic E-state index is 10.4. The van der Waals surface area contributed by atoms with Crippen LogP contribution in [-0.4, -0.2) is 37.7 Å². The number of hydrogen-bond acceptors (Lipinski definition) is 6. The SMILES string of the molecule is COc1cc(C(c2c(C)n[nH]c2O)c2c(C)n[nH]c2O)ccc1OCc1ccccc1. The molecule has 4 rings (SSSR count). The Kier molecular flexibility index (Phi) is 5.53. The average molecular weight is 420 g/mol. The number of H-pyrrole nitrogens is 2. The summed E-state index contributed by atoms with van der Waals surface area (Å²) in [6.07, 6.45) is 0. The summed E-state index contributed by atoms with van der Waals surface area (Å²) in [5, 5.41) is 34.3. The molecule has 31 heavy (non-hydrogen) atoms. The summed E-state index contributed by atoms with van der Waals surface area (Å²) < 4.78 is 11.5. The molecule has 8 heteroatoms. The molecule has 0 aliphatic rings. The van der Waals surface area contributed by atoms with Gasteiger partial charge in [0.15, 0.2) is 11.5 Å². The third kappa shape index (κ3) is 3.92. The number of aromatic amines is 2. The fraction of sp³-hybridized carbons (Fsp3) is 0.217. The molecule has 2 heterocycles. The lowest BCUT2D eigenvalue weighted by atomic mass is 9.85. The molecule has 0 bridgehead atoms. The van der Waals surface area contributed by atoms with Gasteiger partial charge in [-0.2, -0.15) is 10.2 Å². The molecule has 0 aliphatic carbocycles. The molecule has 0 aliphatic heterocycles. The van der Waals surface area contributed by atoms with Crippen LogP contribution in [-0.2, 0) is 6.61 Å². The highest BCUT2D eigenvalue weighted by molar-refractivity contribution is 5.55. The monoisotopic (exact) mass is 420 g/mol. The van der Waals surface area contributed by atoms with E-state index in [-0.39, 0.29) is 11.8 Å². The van der Waals surface area contributed by atoms with Crippen molar-refractivity contribution in [3.8, 4) is 23.3 Å². The molecule has 0 spiro atoms. The molecule has 160 valence electrons. The number of methoxy groups -OCH3 is 1. The normalized spacial score (nSPS) is 11.1. The van der Waals surface area contributed by atoms with E-state index in [1.54, 1.807) is 21.0 Å². The second-order valence-corrected chi connectivity index (χ2v) is 7.26. The fourth-order valence-electron chi connectivity index (χ4n) is 3.74. The van der Waals surface area contributed by atoms with E-state index >= 15 is 0 Å². The first-order valence-corrected chi connectivity index (χ1v) is 9.82. The van der Waals surface area contributed by atoms with Crippen LogP contribution in [0.3, 0.4) is 0 Å². The van der Waals surface area contributed by atoms with Crippen LogP contribution >= 0.6 is 0 Å². The number of aryl methyl sites for hydroxylation is 2. The van der Waals surface area contributed by atoms with E-state index in [0.29, 0.717) is 40.6 Å². The van der Waals surface area contributed by atoms with Crippen LogP contribution in [0, 0.1) is 13.8 Å². The van der Waals surface area contributed by atoms with Gasteiger partial charge >= 0.3 is 0 Å². The minimum absolute atomic E-state index is 0.0640. The number of nitrogens with one attached hydrogen (secondary N) is 2. The van der Waals surface area contributed by atoms with Crippen LogP contribution in [0.2, 0.25) is 0 Å². The molecule has 2 aromatic heterocycles. The van der Waals surface area contributed by atoms with Crippen molar-refractivity contribution in [2.45, 2.75) is 26.4 Å². The van der Waals surface area contributed by atoms with E-state index in [1.165, 1.54) is 0 Å². The van der Waals surface area contributed by atoms with Crippen molar-refractivity contribution in [2.75, 3.05) is 7.11 Å². The molecule has 0 fully saturated rings. The molecule has 0 unspecified atom stereocenters. The van der Waals surface area contributed by atoms with Crippen molar-refractivity contribution in [1.82, 2.24) is 20.4 Å². The van der Waals surface area contributed by atoms with E-state index in [4.69, 9.17) is 9.47 Å². The molecule has 4 N–H and O–H groups in total. The summed E-state index contributed by atoms with van der Waals surface area (Å²) in [4.78, 5) is 0. The Balaban J connectivity index is 1.75. The van der Waals surface area contributed by atoms with Gasteiger partial charge in [0.05, 0.1) is 18.5 Å². The Hall–Kier alpha value is -3.94. The van der Waals surface area contributed by atoms with Crippen molar-refractivity contribution in [3.05, 3.63) is 82.2 Å². The molecule has 0 saturated carbocycles. The zero-order valence-electron chi connectivity index (χ0n) is 17.5. The highest BCUT2D eigenvalue weighted by atomic mass is 16.5. The Morgan fingerprint density at radius 3 is 2.00 bits per heavy atom. The minimum atomic E-state index is -0.519. The maximum Gasteiger partial charge on any atom is 0.211 e. The largest absolute Gasteiger partial charge is 0.493 e. The summed E-state index contributed by atoms with van der Waals surface area (Å²) in [5.41, 5.74) is 4.17. The molecule has 0 saturated heterocycles. The molecule has 0 radical (unpaired) electrons. The predicted molar refractivity (Wildman–Crippen MR) is 115 cm³/mol. The van der Waals surface area contributed by atoms with Crippen LogP contribution in [0.4, 0.5) is 0 Å². The first-order chi connectivity index (χ1) is 15.0. The first-order valence-electron chi connectivity index (χ1n) is 9.82. The lowest BCUT2D eigenvalue weighted by Gasteiger charge is -2.20. The number of benzene rings is 2. The van der Waals surface area contributed by atoms with Gasteiger partial charge in [0.2, 0.25) is 11.8 Å². The van der Waals surface area contributed by atoms with Gasteiger partial charge in [0, 0.05) is 17.0 Å². The van der Waals surface area contributed by atoms with Crippen molar-refractivity contribution >= 4 is 0 Å². The van der Waals surface area contributed by atoms with Gasteiger partial charge in [-0.15, -0.1) is 0 Å². The van der Waals surface area contributed by atoms with Gasteiger partial charge in [0.25, 0.3) is 0 Å². The lowest BCUT2D eigenvalue weighted by molar-refractivity contribution is 0.284. The summed E-state index contributed by atoms with van der Waals surface area (Å²) in [6, 6.07) is 15.4. The summed E-state index contributed by atoms with van der Waals surface area (Å²) in [6.45, 7) is 3.99. The minimum Gasteiger partial charge on any atom is -0.493 e. The quantitative estimate of drug-likeness (QED) is 0.360. The molecular formula is C23H24N4O4. The van der Waals surface area contributed by atoms with Crippen LogP contribution in [0.25, 0.3) is 0 Å². The first kappa shape index (κ1) is 20.3. The van der Waals surface area contributed by atoms with Gasteiger partial charge < -0.3 is 19.7 Å². The van der Waals surface area contributed by atoms with Crippen molar-refractivity contribution < 1.29 is 19.7 Å². The Morgan fingerprint density at radius 2 is 1.48 bits per heavy atom. The highest BCUT2D eigenvalue weighted by Crippen LogP contribution is 2.44. The lowest BCUT2D eigenvalue weighted by Crippen LogP contribution is -2.07. The number of rotatable bonds is 7. The second kappa shape index (κ2) is 8.43. The van der Waals surface area contributed by atoms with E-state index < -0.39 is 5.92 Å². The van der Waals surface area contributed by atoms with Crippen molar-refractivity contribution in [2.24, 2.45) is 0 Å². The molecule has 2 aromatic carbocycles. The third-order valence-corrected chi connectivity index (χ3v) is 5.28. The average Bonchev–Trinajstić information content (AvgIpc) is 3.29. The summed E-state index contributed by atoms with van der Waals surface area (Å²) in [7, 11) is 1.57. The summed E-state index contributed by atoms with van der Waals surface area (Å²) in [5.74, 6) is 0.487. The molecular weight excluding hydrogens is 396 g/mol. The van der Waals surface area contributed by atoms with Gasteiger partial charge in [-0.3, -0.25) is 0 Å². The number of aromatic nitrogens is 4. The molecule has 0 atom stereocenters. The zero-order valence-corrected chi connectivity index (χ0v) is 17.5. The van der Waals surface area contributed by atoms with Gasteiger partial charge in [-0.05, 0) is 37.1 Å². The van der Waals surface area contributed by atoms with Gasteiger partial charge in [-0.25, -0.2) is 10.2 Å². The standard InChI is InChI=1S/C23H24N4O4/c1-13-19(22(28)26-24-13)21(20-14(2)25-27-23(20)29)16-9-10-17(18(11-16)30-3)31-12-15-7-5-4-6-8-15/h4-11,21H,12H2,1-3H3,(H2,24,26,28)(H2,25,27,29). The second-order valence-electron chi connectivity index (χ2n) is 7.26. The van der Waals surface area contributed by atoms with E-state index in [2.05, 4.69) is 20.4 Å². The van der Waals surface area contributed by atoms with Crippen LogP contribution in [0.1, 0.15) is 39.6 Å². The number of ether oxygens (including phenoxy) is 2. The summed E-state index contributed by atoms with van der Waals surface area (Å²) >= 11 is 0. The fourth-order valence-corrected chi connectivity index (χ4v) is 3.74. The van der Waals surface area contributed by atoms with Crippen LogP contribution < -0.4 is 9.47 Å². The molecule has 4 aromatic rings. The van der Waals surface area contributed by atoms with Crippen LogP contribution in [0.5, 0.6) is 23.3 Å². The Labute approximate surface area is 179 Å². The smallest absolute Gasteiger partial charge is 0.211 e. The Bertz CT molecular complexity index is 1100. The third-order valence-electron chi connectivity index (χ3n) is 5.28. The number of aromatic hydroxyl groups is 2. The molecule has 8 nitrogen and oxygen atoms in total. The topological polar surface area (TPSA) is 116 Å².